The Balaban J connectivity index is 1.52. The molecule has 0 bridgehead atoms. The van der Waals surface area contributed by atoms with Crippen molar-refractivity contribution in [3.05, 3.63) is 23.1 Å². The minimum absolute atomic E-state index is 0.0195. The standard InChI is InChI=1S/C18H21ClN6O2/c19-14-13(9-21-24-14)22-17-20-8-12-15(23-17)25(16(27)18(12)5-6-18)10-3-1-2-4-11(26)7-10/h8-11,26H,1-7H2,(H,21,24)(H,20,22,23)/t10-,11-/m1/s1. The third-order valence-electron chi connectivity index (χ3n) is 5.96. The first-order valence-electron chi connectivity index (χ1n) is 9.43. The van der Waals surface area contributed by atoms with E-state index in [1.54, 1.807) is 12.4 Å². The number of rotatable bonds is 3. The summed E-state index contributed by atoms with van der Waals surface area (Å²) in [6, 6.07) is -0.0195. The van der Waals surface area contributed by atoms with Gasteiger partial charge in [-0.3, -0.25) is 14.8 Å². The third kappa shape index (κ3) is 2.70. The number of carbonyl (C=O) groups excluding carboxylic acids is 1. The molecule has 0 aromatic carbocycles. The van der Waals surface area contributed by atoms with Gasteiger partial charge in [0.1, 0.15) is 11.0 Å². The first-order valence-corrected chi connectivity index (χ1v) is 9.81. The van der Waals surface area contributed by atoms with Crippen LogP contribution in [0.2, 0.25) is 5.15 Å². The molecular formula is C18H21ClN6O2. The van der Waals surface area contributed by atoms with E-state index in [0.717, 1.165) is 44.1 Å². The van der Waals surface area contributed by atoms with E-state index < -0.39 is 5.41 Å². The Hall–Kier alpha value is -2.19. The van der Waals surface area contributed by atoms with E-state index in [1.807, 2.05) is 4.90 Å². The Bertz CT molecular complexity index is 896. The first-order chi connectivity index (χ1) is 13.1. The molecule has 3 N–H and O–H groups in total. The fourth-order valence-corrected chi connectivity index (χ4v) is 4.51. The molecule has 3 aliphatic rings. The lowest BCUT2D eigenvalue weighted by Crippen LogP contribution is -2.42. The van der Waals surface area contributed by atoms with Gasteiger partial charge in [-0.05, 0) is 32.1 Å². The van der Waals surface area contributed by atoms with Crippen LogP contribution in [0.3, 0.4) is 0 Å². The van der Waals surface area contributed by atoms with Gasteiger partial charge >= 0.3 is 0 Å². The van der Waals surface area contributed by atoms with Gasteiger partial charge in [0.05, 0.1) is 23.4 Å². The van der Waals surface area contributed by atoms with Crippen LogP contribution in [0.25, 0.3) is 0 Å². The second-order valence-corrected chi connectivity index (χ2v) is 8.12. The highest BCUT2D eigenvalue weighted by atomic mass is 35.5. The van der Waals surface area contributed by atoms with E-state index in [-0.39, 0.29) is 18.1 Å². The smallest absolute Gasteiger partial charge is 0.239 e. The van der Waals surface area contributed by atoms with Gasteiger partial charge in [0.15, 0.2) is 0 Å². The van der Waals surface area contributed by atoms with Crippen molar-refractivity contribution in [2.24, 2.45) is 0 Å². The Morgan fingerprint density at radius 3 is 2.85 bits per heavy atom. The second-order valence-electron chi connectivity index (χ2n) is 7.74. The molecule has 2 aliphatic carbocycles. The van der Waals surface area contributed by atoms with Crippen molar-refractivity contribution in [1.82, 2.24) is 20.2 Å². The van der Waals surface area contributed by atoms with Gasteiger partial charge in [0.25, 0.3) is 0 Å². The summed E-state index contributed by atoms with van der Waals surface area (Å²) < 4.78 is 0. The molecule has 9 heteroatoms. The SMILES string of the molecule is O=C1N([C@@H]2CCCC[C@@H](O)C2)c2nc(Nc3cn[nH]c3Cl)ncc2C12CC2. The molecule has 1 aliphatic heterocycles. The predicted molar refractivity (Wildman–Crippen MR) is 100 cm³/mol. The lowest BCUT2D eigenvalue weighted by Gasteiger charge is -2.28. The fraction of sp³-hybridized carbons (Fsp3) is 0.556. The summed E-state index contributed by atoms with van der Waals surface area (Å²) >= 11 is 6.04. The van der Waals surface area contributed by atoms with Crippen LogP contribution < -0.4 is 10.2 Å². The molecule has 0 unspecified atom stereocenters. The van der Waals surface area contributed by atoms with Crippen LogP contribution in [0.1, 0.15) is 50.5 Å². The minimum Gasteiger partial charge on any atom is -0.393 e. The number of aromatic nitrogens is 4. The molecule has 0 saturated heterocycles. The quantitative estimate of drug-likeness (QED) is 0.698. The Kier molecular flexibility index (Phi) is 3.87. The molecule has 2 fully saturated rings. The Morgan fingerprint density at radius 2 is 2.11 bits per heavy atom. The van der Waals surface area contributed by atoms with Crippen LogP contribution in [0, 0.1) is 0 Å². The van der Waals surface area contributed by atoms with Crippen LogP contribution in [-0.4, -0.2) is 43.3 Å². The van der Waals surface area contributed by atoms with Crippen LogP contribution in [0.5, 0.6) is 0 Å². The summed E-state index contributed by atoms with van der Waals surface area (Å²) in [6.45, 7) is 0. The van der Waals surface area contributed by atoms with E-state index in [4.69, 9.17) is 11.6 Å². The number of anilines is 3. The minimum atomic E-state index is -0.446. The molecule has 0 radical (unpaired) electrons. The van der Waals surface area contributed by atoms with E-state index in [9.17, 15) is 9.90 Å². The highest BCUT2D eigenvalue weighted by Crippen LogP contribution is 2.57. The summed E-state index contributed by atoms with van der Waals surface area (Å²) in [5, 5.41) is 20.2. The van der Waals surface area contributed by atoms with Crippen molar-refractivity contribution in [2.75, 3.05) is 10.2 Å². The maximum Gasteiger partial charge on any atom is 0.239 e. The molecule has 2 aromatic heterocycles. The van der Waals surface area contributed by atoms with Crippen molar-refractivity contribution in [3.63, 3.8) is 0 Å². The summed E-state index contributed by atoms with van der Waals surface area (Å²) in [5.41, 5.74) is 1.05. The maximum absolute atomic E-state index is 13.3. The summed E-state index contributed by atoms with van der Waals surface area (Å²) in [4.78, 5) is 24.2. The number of halogens is 1. The average molecular weight is 389 g/mol. The van der Waals surface area contributed by atoms with Crippen LogP contribution in [0.4, 0.5) is 17.5 Å². The molecule has 1 amide bonds. The number of H-pyrrole nitrogens is 1. The third-order valence-corrected chi connectivity index (χ3v) is 6.25. The normalized spacial score (nSPS) is 26.1. The number of carbonyl (C=O) groups is 1. The zero-order valence-corrected chi connectivity index (χ0v) is 15.5. The van der Waals surface area contributed by atoms with E-state index in [1.165, 1.54) is 0 Å². The number of nitrogens with zero attached hydrogens (tertiary/aromatic N) is 4. The lowest BCUT2D eigenvalue weighted by atomic mass is 10.0. The van der Waals surface area contributed by atoms with Gasteiger partial charge in [-0.1, -0.05) is 24.4 Å². The zero-order valence-electron chi connectivity index (χ0n) is 14.8. The molecule has 8 nitrogen and oxygen atoms in total. The van der Waals surface area contributed by atoms with E-state index >= 15 is 0 Å². The molecule has 3 heterocycles. The summed E-state index contributed by atoms with van der Waals surface area (Å²) in [5.74, 6) is 1.17. The number of hydrogen-bond acceptors (Lipinski definition) is 6. The van der Waals surface area contributed by atoms with Gasteiger partial charge in [0, 0.05) is 17.8 Å². The van der Waals surface area contributed by atoms with Gasteiger partial charge in [-0.15, -0.1) is 0 Å². The van der Waals surface area contributed by atoms with Crippen molar-refractivity contribution in [1.29, 1.82) is 0 Å². The topological polar surface area (TPSA) is 107 Å². The van der Waals surface area contributed by atoms with E-state index in [2.05, 4.69) is 25.5 Å². The maximum atomic E-state index is 13.3. The van der Waals surface area contributed by atoms with Crippen molar-refractivity contribution in [2.45, 2.75) is 62.5 Å². The number of hydrogen-bond donors (Lipinski definition) is 3. The number of fused-ring (bicyclic) bond motifs is 2. The molecular weight excluding hydrogens is 368 g/mol. The van der Waals surface area contributed by atoms with Crippen LogP contribution in [-0.2, 0) is 10.2 Å². The highest BCUT2D eigenvalue weighted by Gasteiger charge is 2.61. The molecule has 142 valence electrons. The number of aliphatic hydroxyl groups excluding tert-OH is 1. The summed E-state index contributed by atoms with van der Waals surface area (Å²) in [7, 11) is 0. The second kappa shape index (κ2) is 6.17. The number of aromatic amines is 1. The summed E-state index contributed by atoms with van der Waals surface area (Å²) in [6.07, 6.45) is 8.92. The van der Waals surface area contributed by atoms with Crippen molar-refractivity contribution < 1.29 is 9.90 Å². The first kappa shape index (κ1) is 16.9. The molecule has 5 rings (SSSR count). The van der Waals surface area contributed by atoms with Crippen LogP contribution >= 0.6 is 11.6 Å². The largest absolute Gasteiger partial charge is 0.393 e. The van der Waals surface area contributed by atoms with Crippen LogP contribution in [0.15, 0.2) is 12.4 Å². The number of aliphatic hydroxyl groups is 1. The van der Waals surface area contributed by atoms with E-state index in [0.29, 0.717) is 29.0 Å². The van der Waals surface area contributed by atoms with Crippen molar-refractivity contribution >= 4 is 35.0 Å². The highest BCUT2D eigenvalue weighted by molar-refractivity contribution is 6.32. The Labute approximate surface area is 161 Å². The van der Waals surface area contributed by atoms with Gasteiger partial charge in [-0.2, -0.15) is 10.1 Å². The molecule has 27 heavy (non-hydrogen) atoms. The molecule has 1 spiro atoms. The number of amides is 1. The molecule has 2 aromatic rings. The Morgan fingerprint density at radius 1 is 1.30 bits per heavy atom. The van der Waals surface area contributed by atoms with Crippen molar-refractivity contribution in [3.8, 4) is 0 Å². The number of nitrogens with one attached hydrogen (secondary N) is 2. The monoisotopic (exact) mass is 388 g/mol. The average Bonchev–Trinajstić information content (AvgIpc) is 3.35. The predicted octanol–water partition coefficient (Wildman–Crippen LogP) is 2.67. The molecule has 2 saturated carbocycles. The van der Waals surface area contributed by atoms with Gasteiger partial charge in [-0.25, -0.2) is 4.98 Å². The zero-order chi connectivity index (χ0) is 18.6. The lowest BCUT2D eigenvalue weighted by molar-refractivity contribution is -0.120. The van der Waals surface area contributed by atoms with Gasteiger partial charge in [0.2, 0.25) is 11.9 Å². The molecule has 2 atom stereocenters. The van der Waals surface area contributed by atoms with Gasteiger partial charge < -0.3 is 10.4 Å². The fourth-order valence-electron chi connectivity index (χ4n) is 4.37.